The molecule has 0 radical (unpaired) electrons. The van der Waals surface area contributed by atoms with Gasteiger partial charge >= 0.3 is 0 Å². The van der Waals surface area contributed by atoms with Gasteiger partial charge in [0.25, 0.3) is 0 Å². The first-order valence-electron chi connectivity index (χ1n) is 9.37. The van der Waals surface area contributed by atoms with Crippen molar-refractivity contribution >= 4 is 40.0 Å². The number of nitrogens with one attached hydrogen (secondary N) is 2. The van der Waals surface area contributed by atoms with E-state index < -0.39 is 10.0 Å². The average Bonchev–Trinajstić information content (AvgIpc) is 2.99. The molecule has 1 aromatic carbocycles. The molecule has 0 bridgehead atoms. The van der Waals surface area contributed by atoms with Gasteiger partial charge in [-0.2, -0.15) is 0 Å². The standard InChI is InChI=1S/C19H33N5O2S.HI/c1-14(2)24-12-15(3)18(13-24)22-19(20-4)21-11-16-7-9-17(10-8-16)27(25,26)23(5)6;/h7-10,14-15,18H,11-13H2,1-6H3,(H2,20,21,22);1H. The summed E-state index contributed by atoms with van der Waals surface area (Å²) in [6.07, 6.45) is 0. The lowest BCUT2D eigenvalue weighted by atomic mass is 10.1. The van der Waals surface area contributed by atoms with Crippen LogP contribution in [0.3, 0.4) is 0 Å². The number of guanidine groups is 1. The van der Waals surface area contributed by atoms with Gasteiger partial charge in [-0.1, -0.05) is 19.1 Å². The second-order valence-corrected chi connectivity index (χ2v) is 9.78. The minimum Gasteiger partial charge on any atom is -0.352 e. The minimum atomic E-state index is -3.39. The molecule has 2 unspecified atom stereocenters. The van der Waals surface area contributed by atoms with Crippen LogP contribution in [0.4, 0.5) is 0 Å². The smallest absolute Gasteiger partial charge is 0.242 e. The molecule has 9 heteroatoms. The highest BCUT2D eigenvalue weighted by molar-refractivity contribution is 14.0. The largest absolute Gasteiger partial charge is 0.352 e. The van der Waals surface area contributed by atoms with Gasteiger partial charge in [-0.25, -0.2) is 12.7 Å². The van der Waals surface area contributed by atoms with Crippen LogP contribution >= 0.6 is 24.0 Å². The van der Waals surface area contributed by atoms with Crippen molar-refractivity contribution < 1.29 is 8.42 Å². The van der Waals surface area contributed by atoms with E-state index in [0.29, 0.717) is 29.4 Å². The van der Waals surface area contributed by atoms with Gasteiger partial charge in [-0.15, -0.1) is 24.0 Å². The van der Waals surface area contributed by atoms with Crippen molar-refractivity contribution in [2.75, 3.05) is 34.2 Å². The summed E-state index contributed by atoms with van der Waals surface area (Å²) in [5, 5.41) is 6.83. The molecule has 7 nitrogen and oxygen atoms in total. The number of hydrogen-bond donors (Lipinski definition) is 2. The van der Waals surface area contributed by atoms with Crippen molar-refractivity contribution in [2.45, 2.75) is 44.3 Å². The minimum absolute atomic E-state index is 0. The van der Waals surface area contributed by atoms with Gasteiger partial charge in [0, 0.05) is 52.9 Å². The first-order valence-corrected chi connectivity index (χ1v) is 10.8. The van der Waals surface area contributed by atoms with Crippen LogP contribution in [0.25, 0.3) is 0 Å². The van der Waals surface area contributed by atoms with E-state index in [4.69, 9.17) is 0 Å². The lowest BCUT2D eigenvalue weighted by molar-refractivity contribution is 0.265. The van der Waals surface area contributed by atoms with Gasteiger partial charge in [-0.05, 0) is 37.5 Å². The van der Waals surface area contributed by atoms with E-state index in [0.717, 1.165) is 24.6 Å². The van der Waals surface area contributed by atoms with Crippen molar-refractivity contribution in [3.63, 3.8) is 0 Å². The average molecular weight is 523 g/mol. The Bertz CT molecular complexity index is 750. The number of nitrogens with zero attached hydrogens (tertiary/aromatic N) is 3. The topological polar surface area (TPSA) is 77.0 Å². The third-order valence-corrected chi connectivity index (χ3v) is 6.91. The zero-order chi connectivity index (χ0) is 20.2. The SMILES string of the molecule is CN=C(NCc1ccc(S(=O)(=O)N(C)C)cc1)NC1CN(C(C)C)CC1C.I. The molecule has 0 amide bonds. The van der Waals surface area contributed by atoms with E-state index in [-0.39, 0.29) is 24.0 Å². The summed E-state index contributed by atoms with van der Waals surface area (Å²) < 4.78 is 25.5. The maximum atomic E-state index is 12.1. The quantitative estimate of drug-likeness (QED) is 0.339. The van der Waals surface area contributed by atoms with Crippen LogP contribution in [-0.2, 0) is 16.6 Å². The molecule has 0 saturated carbocycles. The van der Waals surface area contributed by atoms with Gasteiger partial charge in [0.2, 0.25) is 10.0 Å². The van der Waals surface area contributed by atoms with E-state index >= 15 is 0 Å². The Hall–Kier alpha value is -0.910. The zero-order valence-electron chi connectivity index (χ0n) is 17.6. The highest BCUT2D eigenvalue weighted by Crippen LogP contribution is 2.18. The zero-order valence-corrected chi connectivity index (χ0v) is 20.8. The third kappa shape index (κ3) is 6.30. The fourth-order valence-corrected chi connectivity index (χ4v) is 4.06. The second kappa shape index (κ2) is 10.7. The summed E-state index contributed by atoms with van der Waals surface area (Å²) in [6.45, 7) is 9.39. The van der Waals surface area contributed by atoms with Crippen LogP contribution in [0.15, 0.2) is 34.2 Å². The second-order valence-electron chi connectivity index (χ2n) is 7.63. The Morgan fingerprint density at radius 1 is 1.25 bits per heavy atom. The molecule has 1 aromatic rings. The molecule has 160 valence electrons. The van der Waals surface area contributed by atoms with Crippen LogP contribution in [-0.4, -0.2) is 69.9 Å². The predicted molar refractivity (Wildman–Crippen MR) is 126 cm³/mol. The summed E-state index contributed by atoms with van der Waals surface area (Å²) in [6, 6.07) is 7.85. The summed E-state index contributed by atoms with van der Waals surface area (Å²) in [5.41, 5.74) is 0.999. The molecule has 1 heterocycles. The number of aliphatic imine (C=N–C) groups is 1. The molecule has 28 heavy (non-hydrogen) atoms. The highest BCUT2D eigenvalue weighted by atomic mass is 127. The van der Waals surface area contributed by atoms with E-state index in [9.17, 15) is 8.42 Å². The van der Waals surface area contributed by atoms with Gasteiger partial charge in [0.15, 0.2) is 5.96 Å². The van der Waals surface area contributed by atoms with Crippen molar-refractivity contribution in [3.05, 3.63) is 29.8 Å². The van der Waals surface area contributed by atoms with Crippen LogP contribution in [0.5, 0.6) is 0 Å². The number of likely N-dealkylation sites (tertiary alicyclic amines) is 1. The molecule has 1 fully saturated rings. The Labute approximate surface area is 187 Å². The Morgan fingerprint density at radius 3 is 2.32 bits per heavy atom. The van der Waals surface area contributed by atoms with Gasteiger partial charge in [-0.3, -0.25) is 9.89 Å². The van der Waals surface area contributed by atoms with Crippen molar-refractivity contribution in [1.29, 1.82) is 0 Å². The van der Waals surface area contributed by atoms with Crippen molar-refractivity contribution in [1.82, 2.24) is 19.8 Å². The highest BCUT2D eigenvalue weighted by Gasteiger charge is 2.31. The molecule has 0 spiro atoms. The van der Waals surface area contributed by atoms with Crippen molar-refractivity contribution in [3.8, 4) is 0 Å². The maximum absolute atomic E-state index is 12.1. The number of halogens is 1. The van der Waals surface area contributed by atoms with Crippen molar-refractivity contribution in [2.24, 2.45) is 10.9 Å². The molecule has 1 saturated heterocycles. The van der Waals surface area contributed by atoms with Crippen LogP contribution in [0, 0.1) is 5.92 Å². The van der Waals surface area contributed by atoms with Gasteiger partial charge < -0.3 is 10.6 Å². The van der Waals surface area contributed by atoms with Crippen LogP contribution in [0.1, 0.15) is 26.3 Å². The molecule has 1 aliphatic heterocycles. The number of rotatable bonds is 6. The van der Waals surface area contributed by atoms with E-state index in [1.54, 1.807) is 19.2 Å². The number of hydrogen-bond acceptors (Lipinski definition) is 4. The Morgan fingerprint density at radius 2 is 1.86 bits per heavy atom. The van der Waals surface area contributed by atoms with E-state index in [1.165, 1.54) is 18.4 Å². The summed E-state index contributed by atoms with van der Waals surface area (Å²) in [5.74, 6) is 1.32. The van der Waals surface area contributed by atoms with Crippen LogP contribution in [0.2, 0.25) is 0 Å². The fraction of sp³-hybridized carbons (Fsp3) is 0.632. The molecule has 2 rings (SSSR count). The number of benzene rings is 1. The Balaban J connectivity index is 0.00000392. The normalized spacial score (nSPS) is 21.1. The molecule has 2 atom stereocenters. The van der Waals surface area contributed by atoms with E-state index in [2.05, 4.69) is 41.3 Å². The molecule has 0 aliphatic carbocycles. The summed E-state index contributed by atoms with van der Waals surface area (Å²) in [7, 11) is 1.44. The molecular formula is C19H34IN5O2S. The van der Waals surface area contributed by atoms with E-state index in [1.807, 2.05) is 12.1 Å². The first kappa shape index (κ1) is 25.1. The molecule has 1 aliphatic rings. The van der Waals surface area contributed by atoms with Crippen LogP contribution < -0.4 is 10.6 Å². The first-order chi connectivity index (χ1) is 12.6. The number of sulfonamides is 1. The summed E-state index contributed by atoms with van der Waals surface area (Å²) in [4.78, 5) is 7.09. The lowest BCUT2D eigenvalue weighted by Gasteiger charge is -2.22. The van der Waals surface area contributed by atoms with Gasteiger partial charge in [0.1, 0.15) is 0 Å². The summed E-state index contributed by atoms with van der Waals surface area (Å²) >= 11 is 0. The maximum Gasteiger partial charge on any atom is 0.242 e. The Kier molecular flexibility index (Phi) is 9.65. The molecule has 0 aromatic heterocycles. The fourth-order valence-electron chi connectivity index (χ4n) is 3.16. The monoisotopic (exact) mass is 523 g/mol. The molecule has 2 N–H and O–H groups in total. The predicted octanol–water partition coefficient (Wildman–Crippen LogP) is 1.95. The lowest BCUT2D eigenvalue weighted by Crippen LogP contribution is -2.46. The molecular weight excluding hydrogens is 489 g/mol. The third-order valence-electron chi connectivity index (χ3n) is 5.08. The van der Waals surface area contributed by atoms with Gasteiger partial charge in [0.05, 0.1) is 4.90 Å².